The Morgan fingerprint density at radius 2 is 1.79 bits per heavy atom. The fourth-order valence-electron chi connectivity index (χ4n) is 1.98. The number of nitrogens with zero attached hydrogens (tertiary/aromatic N) is 2. The van der Waals surface area contributed by atoms with E-state index in [1.807, 2.05) is 24.3 Å². The number of carbonyl (C=O) groups excluding carboxylic acids is 1. The zero-order valence-electron chi connectivity index (χ0n) is 12.4. The molecule has 7 heteroatoms. The lowest BCUT2D eigenvalue weighted by atomic mass is 10.2. The molecular weight excluding hydrogens is 396 g/mol. The van der Waals surface area contributed by atoms with Gasteiger partial charge in [-0.05, 0) is 42.0 Å². The molecule has 0 aliphatic rings. The summed E-state index contributed by atoms with van der Waals surface area (Å²) < 4.78 is 11.6. The highest BCUT2D eigenvalue weighted by Crippen LogP contribution is 2.20. The van der Waals surface area contributed by atoms with Crippen molar-refractivity contribution >= 4 is 33.5 Å². The summed E-state index contributed by atoms with van der Waals surface area (Å²) in [5, 5.41) is 8.43. The normalized spacial score (nSPS) is 10.6. The maximum Gasteiger partial charge on any atom is 0.310 e. The van der Waals surface area contributed by atoms with E-state index in [1.54, 1.807) is 24.3 Å². The minimum absolute atomic E-state index is 0.0596. The molecule has 1 aromatic heterocycles. The van der Waals surface area contributed by atoms with Crippen LogP contribution in [0.5, 0.6) is 0 Å². The number of rotatable bonds is 5. The summed E-state index contributed by atoms with van der Waals surface area (Å²) in [7, 11) is 0. The number of esters is 1. The Bertz CT molecular complexity index is 832. The van der Waals surface area contributed by atoms with Crippen LogP contribution in [0.4, 0.5) is 0 Å². The number of carbonyl (C=O) groups is 1. The van der Waals surface area contributed by atoms with E-state index in [4.69, 9.17) is 20.8 Å². The average molecular weight is 408 g/mol. The third-order valence-corrected chi connectivity index (χ3v) is 3.96. The first-order valence-corrected chi connectivity index (χ1v) is 8.25. The lowest BCUT2D eigenvalue weighted by Crippen LogP contribution is -2.08. The summed E-state index contributed by atoms with van der Waals surface area (Å²) in [6, 6.07) is 14.5. The zero-order valence-corrected chi connectivity index (χ0v) is 14.8. The molecule has 0 N–H and O–H groups in total. The minimum Gasteiger partial charge on any atom is -0.455 e. The smallest absolute Gasteiger partial charge is 0.310 e. The van der Waals surface area contributed by atoms with Gasteiger partial charge in [0.05, 0.1) is 6.42 Å². The number of halogens is 2. The molecule has 0 amide bonds. The van der Waals surface area contributed by atoms with Gasteiger partial charge in [0, 0.05) is 15.1 Å². The number of aromatic nitrogens is 2. The van der Waals surface area contributed by atoms with E-state index in [0.717, 1.165) is 15.6 Å². The lowest BCUT2D eigenvalue weighted by Gasteiger charge is -2.02. The van der Waals surface area contributed by atoms with Gasteiger partial charge >= 0.3 is 5.97 Å². The van der Waals surface area contributed by atoms with Crippen LogP contribution < -0.4 is 0 Å². The summed E-state index contributed by atoms with van der Waals surface area (Å²) in [5.41, 5.74) is 1.62. The Morgan fingerprint density at radius 1 is 1.08 bits per heavy atom. The quantitative estimate of drug-likeness (QED) is 0.585. The highest BCUT2D eigenvalue weighted by atomic mass is 79.9. The van der Waals surface area contributed by atoms with Gasteiger partial charge in [-0.3, -0.25) is 4.79 Å². The van der Waals surface area contributed by atoms with Crippen LogP contribution in [0.3, 0.4) is 0 Å². The monoisotopic (exact) mass is 406 g/mol. The van der Waals surface area contributed by atoms with Crippen molar-refractivity contribution in [2.24, 2.45) is 0 Å². The summed E-state index contributed by atoms with van der Waals surface area (Å²) in [6.45, 7) is -0.0596. The maximum absolute atomic E-state index is 11.8. The van der Waals surface area contributed by atoms with Crippen LogP contribution >= 0.6 is 27.5 Å². The number of hydrogen-bond donors (Lipinski definition) is 0. The molecule has 0 unspecified atom stereocenters. The Balaban J connectivity index is 1.56. The molecule has 0 aliphatic heterocycles. The minimum atomic E-state index is -0.358. The van der Waals surface area contributed by atoms with Crippen molar-refractivity contribution in [3.63, 3.8) is 0 Å². The van der Waals surface area contributed by atoms with E-state index in [1.165, 1.54) is 0 Å². The Labute approximate surface area is 151 Å². The highest BCUT2D eigenvalue weighted by molar-refractivity contribution is 9.10. The molecule has 0 saturated heterocycles. The fraction of sp³-hybridized carbons (Fsp3) is 0.118. The molecule has 5 nitrogen and oxygen atoms in total. The van der Waals surface area contributed by atoms with Crippen LogP contribution in [0.2, 0.25) is 5.02 Å². The summed E-state index contributed by atoms with van der Waals surface area (Å²) in [5.74, 6) is 0.235. The molecular formula is C17H12BrClN2O3. The van der Waals surface area contributed by atoms with E-state index >= 15 is 0 Å². The van der Waals surface area contributed by atoms with Gasteiger partial charge in [0.1, 0.15) is 0 Å². The van der Waals surface area contributed by atoms with Gasteiger partial charge in [0.25, 0.3) is 5.89 Å². The van der Waals surface area contributed by atoms with Crippen LogP contribution in [-0.4, -0.2) is 16.2 Å². The standard InChI is InChI=1S/C17H12BrClN2O3/c18-13-5-1-11(2-6-13)9-16(22)23-10-15-20-21-17(24-15)12-3-7-14(19)8-4-12/h1-8H,9-10H2. The van der Waals surface area contributed by atoms with Crippen molar-refractivity contribution in [3.05, 3.63) is 69.5 Å². The van der Waals surface area contributed by atoms with Gasteiger partial charge in [0.15, 0.2) is 6.61 Å². The van der Waals surface area contributed by atoms with Gasteiger partial charge in [-0.25, -0.2) is 0 Å². The first kappa shape index (κ1) is 16.7. The predicted octanol–water partition coefficient (Wildman–Crippen LogP) is 4.44. The van der Waals surface area contributed by atoms with Crippen molar-refractivity contribution in [2.75, 3.05) is 0 Å². The van der Waals surface area contributed by atoms with E-state index in [9.17, 15) is 4.79 Å². The van der Waals surface area contributed by atoms with Crippen LogP contribution in [0.15, 0.2) is 57.4 Å². The molecule has 0 aliphatic carbocycles. The van der Waals surface area contributed by atoms with E-state index in [0.29, 0.717) is 10.9 Å². The molecule has 2 aromatic carbocycles. The van der Waals surface area contributed by atoms with Gasteiger partial charge in [-0.1, -0.05) is 39.7 Å². The van der Waals surface area contributed by atoms with Crippen molar-refractivity contribution in [3.8, 4) is 11.5 Å². The highest BCUT2D eigenvalue weighted by Gasteiger charge is 2.11. The zero-order chi connectivity index (χ0) is 16.9. The number of ether oxygens (including phenoxy) is 1. The predicted molar refractivity (Wildman–Crippen MR) is 92.4 cm³/mol. The topological polar surface area (TPSA) is 65.2 Å². The average Bonchev–Trinajstić information content (AvgIpc) is 3.05. The second-order valence-corrected chi connectivity index (χ2v) is 6.32. The maximum atomic E-state index is 11.8. The van der Waals surface area contributed by atoms with Crippen molar-refractivity contribution in [1.29, 1.82) is 0 Å². The second-order valence-electron chi connectivity index (χ2n) is 4.97. The van der Waals surface area contributed by atoms with Crippen LogP contribution in [0.25, 0.3) is 11.5 Å². The molecule has 3 rings (SSSR count). The molecule has 0 bridgehead atoms. The first-order chi connectivity index (χ1) is 11.6. The van der Waals surface area contributed by atoms with Gasteiger partial charge in [0.2, 0.25) is 5.89 Å². The van der Waals surface area contributed by atoms with E-state index < -0.39 is 0 Å². The van der Waals surface area contributed by atoms with Crippen LogP contribution in [-0.2, 0) is 22.6 Å². The number of hydrogen-bond acceptors (Lipinski definition) is 5. The fourth-order valence-corrected chi connectivity index (χ4v) is 2.37. The third-order valence-electron chi connectivity index (χ3n) is 3.18. The number of benzene rings is 2. The Hall–Kier alpha value is -2.18. The molecule has 0 fully saturated rings. The molecule has 24 heavy (non-hydrogen) atoms. The van der Waals surface area contributed by atoms with Crippen molar-refractivity contribution in [2.45, 2.75) is 13.0 Å². The van der Waals surface area contributed by atoms with Crippen molar-refractivity contribution < 1.29 is 13.9 Å². The Kier molecular flexibility index (Phi) is 5.27. The summed E-state index contributed by atoms with van der Waals surface area (Å²) in [6.07, 6.45) is 0.186. The molecule has 0 atom stereocenters. The third kappa shape index (κ3) is 4.43. The molecule has 0 saturated carbocycles. The molecule has 1 heterocycles. The molecule has 0 radical (unpaired) electrons. The molecule has 0 spiro atoms. The summed E-state index contributed by atoms with van der Waals surface area (Å²) >= 11 is 9.18. The van der Waals surface area contributed by atoms with Gasteiger partial charge in [-0.15, -0.1) is 10.2 Å². The van der Waals surface area contributed by atoms with E-state index in [-0.39, 0.29) is 24.9 Å². The molecule has 122 valence electrons. The van der Waals surface area contributed by atoms with Gasteiger partial charge < -0.3 is 9.15 Å². The first-order valence-electron chi connectivity index (χ1n) is 7.08. The van der Waals surface area contributed by atoms with E-state index in [2.05, 4.69) is 26.1 Å². The second kappa shape index (κ2) is 7.59. The van der Waals surface area contributed by atoms with Gasteiger partial charge in [-0.2, -0.15) is 0 Å². The van der Waals surface area contributed by atoms with Crippen LogP contribution in [0, 0.1) is 0 Å². The summed E-state index contributed by atoms with van der Waals surface area (Å²) in [4.78, 5) is 11.8. The molecule has 3 aromatic rings. The van der Waals surface area contributed by atoms with Crippen molar-refractivity contribution in [1.82, 2.24) is 10.2 Å². The SMILES string of the molecule is O=C(Cc1ccc(Br)cc1)OCc1nnc(-c2ccc(Cl)cc2)o1. The largest absolute Gasteiger partial charge is 0.455 e. The lowest BCUT2D eigenvalue weighted by molar-refractivity contribution is -0.144. The van der Waals surface area contributed by atoms with Crippen LogP contribution in [0.1, 0.15) is 11.5 Å². The Morgan fingerprint density at radius 3 is 2.50 bits per heavy atom.